The summed E-state index contributed by atoms with van der Waals surface area (Å²) in [6, 6.07) is 3.15. The first-order chi connectivity index (χ1) is 43.5. The second-order valence-electron chi connectivity index (χ2n) is 25.6. The van der Waals surface area contributed by atoms with Gasteiger partial charge in [0.2, 0.25) is 51.3 Å². The first-order valence-electron chi connectivity index (χ1n) is 30.7. The van der Waals surface area contributed by atoms with E-state index in [0.29, 0.717) is 78.8 Å². The standard InChI is InChI=1S/C62H85N13O16S/c1-12-62(83)43-21-47-54-41(26-75(47)57(81)42(43)28-89-58(62)82)39(40-20-48-49(91-36-90-48)22-45(40)67-54)17-19-73(13-2)52(78)30-87-35-66-50(76)25-63-55(79)44(16-14-15-18-72(9)10)68-56(80)53(37(3)4)69-51(77)29-86-33-61(7,8)34-88-32-60(5,6)31-74-27-46(70-71-74)38-23-64-59(65-24-38)92(11,84)85/h20-24,27,37,44,53,83H,12-19,25-26,28-36H2,1-11H3,(H,63,79)(H,66,76)(H,68,80)(H,69,77)/t44-,53-,62-/m0/s1. The highest BCUT2D eigenvalue weighted by Crippen LogP contribution is 2.43. The molecule has 0 spiro atoms. The molecule has 0 unspecified atom stereocenters. The molecular formula is C62H85N13O16S. The maximum absolute atomic E-state index is 14.0. The number of aromatic nitrogens is 7. The molecule has 0 aliphatic carbocycles. The Labute approximate surface area is 533 Å². The zero-order valence-electron chi connectivity index (χ0n) is 54.1. The van der Waals surface area contributed by atoms with Crippen molar-refractivity contribution in [3.8, 4) is 34.1 Å². The van der Waals surface area contributed by atoms with E-state index < -0.39 is 74.6 Å². The largest absolute Gasteiger partial charge is 0.458 e. The summed E-state index contributed by atoms with van der Waals surface area (Å²) >= 11 is 0. The Hall–Kier alpha value is -8.03. The monoisotopic (exact) mass is 1300 g/mol. The molecule has 7 heterocycles. The van der Waals surface area contributed by atoms with Crippen molar-refractivity contribution < 1.29 is 70.7 Å². The van der Waals surface area contributed by atoms with Crippen LogP contribution in [-0.2, 0) is 89.3 Å². The van der Waals surface area contributed by atoms with Gasteiger partial charge in [0.05, 0.1) is 61.6 Å². The van der Waals surface area contributed by atoms with Crippen molar-refractivity contribution in [2.24, 2.45) is 16.7 Å². The number of amides is 5. The smallest absolute Gasteiger partial charge is 0.343 e. The summed E-state index contributed by atoms with van der Waals surface area (Å²) in [4.78, 5) is 111. The van der Waals surface area contributed by atoms with Gasteiger partial charge in [-0.2, -0.15) is 0 Å². The van der Waals surface area contributed by atoms with E-state index >= 15 is 0 Å². The van der Waals surface area contributed by atoms with Crippen LogP contribution in [0.25, 0.3) is 33.5 Å². The lowest BCUT2D eigenvalue weighted by Crippen LogP contribution is -2.56. The number of carbonyl (C=O) groups excluding carboxylic acids is 6. The summed E-state index contributed by atoms with van der Waals surface area (Å²) in [5.74, 6) is -2.92. The van der Waals surface area contributed by atoms with E-state index in [2.05, 4.69) is 41.5 Å². The average molecular weight is 1300 g/mol. The van der Waals surface area contributed by atoms with E-state index in [1.165, 1.54) is 12.4 Å². The Morgan fingerprint density at radius 2 is 1.55 bits per heavy atom. The minimum atomic E-state index is -3.55. The van der Waals surface area contributed by atoms with E-state index in [0.717, 1.165) is 35.7 Å². The van der Waals surface area contributed by atoms with Gasteiger partial charge < -0.3 is 69.2 Å². The molecule has 1 aromatic carbocycles. The van der Waals surface area contributed by atoms with Crippen molar-refractivity contribution in [3.05, 3.63) is 69.4 Å². The number of esters is 1. The van der Waals surface area contributed by atoms with Crippen molar-refractivity contribution in [2.75, 3.05) is 93.1 Å². The molecule has 8 rings (SSSR count). The highest BCUT2D eigenvalue weighted by Gasteiger charge is 2.46. The number of unbranched alkanes of at least 4 members (excludes halogenated alkanes) is 1. The second-order valence-corrected chi connectivity index (χ2v) is 27.5. The molecule has 0 radical (unpaired) electrons. The number of sulfone groups is 1. The van der Waals surface area contributed by atoms with Crippen molar-refractivity contribution >= 4 is 56.2 Å². The lowest BCUT2D eigenvalue weighted by Gasteiger charge is -2.31. The van der Waals surface area contributed by atoms with Crippen LogP contribution in [0.1, 0.15) is 103 Å². The Kier molecular flexibility index (Phi) is 22.6. The Bertz CT molecular complexity index is 3720. The van der Waals surface area contributed by atoms with Gasteiger partial charge in [0.25, 0.3) is 5.56 Å². The molecule has 3 aliphatic heterocycles. The molecule has 4 aromatic heterocycles. The van der Waals surface area contributed by atoms with Crippen LogP contribution in [0.15, 0.2) is 46.7 Å². The number of cyclic esters (lactones) is 1. The third kappa shape index (κ3) is 17.2. The molecule has 0 fully saturated rings. The summed E-state index contributed by atoms with van der Waals surface area (Å²) < 4.78 is 61.0. The lowest BCUT2D eigenvalue weighted by atomic mass is 9.86. The zero-order valence-corrected chi connectivity index (χ0v) is 55.0. The summed E-state index contributed by atoms with van der Waals surface area (Å²) in [6.45, 7) is 15.7. The van der Waals surface area contributed by atoms with Crippen molar-refractivity contribution in [3.63, 3.8) is 0 Å². The van der Waals surface area contributed by atoms with Crippen LogP contribution in [0, 0.1) is 16.7 Å². The Morgan fingerprint density at radius 1 is 0.848 bits per heavy atom. The van der Waals surface area contributed by atoms with E-state index in [-0.39, 0.29) is 99.4 Å². The van der Waals surface area contributed by atoms with Crippen LogP contribution >= 0.6 is 0 Å². The number of fused-ring (bicyclic) bond motifs is 6. The average Bonchev–Trinajstić information content (AvgIpc) is 1.51. The molecule has 0 saturated heterocycles. The van der Waals surface area contributed by atoms with Crippen molar-refractivity contribution in [2.45, 2.75) is 130 Å². The van der Waals surface area contributed by atoms with Gasteiger partial charge in [0.1, 0.15) is 44.3 Å². The molecular weight excluding hydrogens is 1210 g/mol. The number of hydrogen-bond donors (Lipinski definition) is 5. The van der Waals surface area contributed by atoms with Crippen LogP contribution in [0.4, 0.5) is 0 Å². The topological polar surface area (TPSA) is 358 Å². The molecule has 3 aliphatic rings. The highest BCUT2D eigenvalue weighted by molar-refractivity contribution is 7.90. The fourth-order valence-corrected chi connectivity index (χ4v) is 11.5. The quantitative estimate of drug-likeness (QED) is 0.0170. The van der Waals surface area contributed by atoms with Gasteiger partial charge in [-0.25, -0.2) is 28.2 Å². The number of aliphatic hydroxyl groups is 1. The van der Waals surface area contributed by atoms with Crippen LogP contribution in [0.2, 0.25) is 0 Å². The fraction of sp³-hybridized carbons (Fsp3) is 0.581. The first kappa shape index (κ1) is 69.9. The number of ether oxygens (including phenoxy) is 6. The normalized spacial score (nSPS) is 15.8. The van der Waals surface area contributed by atoms with E-state index in [9.17, 15) is 47.1 Å². The number of likely N-dealkylation sites (N-methyl/N-ethyl adjacent to an activating group) is 1. The van der Waals surface area contributed by atoms with Crippen LogP contribution in [-0.4, -0.2) is 199 Å². The molecule has 3 atom stereocenters. The van der Waals surface area contributed by atoms with Crippen LogP contribution in [0.3, 0.4) is 0 Å². The van der Waals surface area contributed by atoms with E-state index in [1.54, 1.807) is 53.2 Å². The maximum atomic E-state index is 14.0. The third-order valence-electron chi connectivity index (χ3n) is 16.0. The minimum absolute atomic E-state index is 0.00969. The molecule has 92 heavy (non-hydrogen) atoms. The molecule has 5 aromatic rings. The number of pyridine rings is 2. The van der Waals surface area contributed by atoms with Gasteiger partial charge in [-0.05, 0) is 83.3 Å². The van der Waals surface area contributed by atoms with E-state index in [4.69, 9.17) is 33.4 Å². The molecule has 5 N–H and O–H groups in total. The summed E-state index contributed by atoms with van der Waals surface area (Å²) in [7, 11) is 0.301. The van der Waals surface area contributed by atoms with E-state index in [1.807, 2.05) is 59.7 Å². The molecule has 0 saturated carbocycles. The van der Waals surface area contributed by atoms with Crippen molar-refractivity contribution in [1.29, 1.82) is 0 Å². The fourth-order valence-electron chi connectivity index (χ4n) is 11.0. The lowest BCUT2D eigenvalue weighted by molar-refractivity contribution is -0.172. The number of benzene rings is 1. The highest BCUT2D eigenvalue weighted by atomic mass is 32.2. The number of nitrogens with zero attached hydrogens (tertiary/aromatic N) is 9. The summed E-state index contributed by atoms with van der Waals surface area (Å²) in [5, 5.41) is 31.0. The van der Waals surface area contributed by atoms with Crippen LogP contribution < -0.4 is 36.3 Å². The predicted molar refractivity (Wildman–Crippen MR) is 333 cm³/mol. The third-order valence-corrected chi connectivity index (χ3v) is 16.9. The second kappa shape index (κ2) is 29.7. The van der Waals surface area contributed by atoms with Crippen LogP contribution in [0.5, 0.6) is 11.5 Å². The molecule has 500 valence electrons. The summed E-state index contributed by atoms with van der Waals surface area (Å²) in [5.41, 5.74) is 1.08. The molecule has 0 bridgehead atoms. The SMILES string of the molecule is CCN(CCc1c2c(nc3cc4c(cc13)OCO4)-c1cc3c(c(=O)n1C2)COC(=O)[C@]3(O)CC)C(=O)COCNC(=O)CNC(=O)[C@H](CCCCN(C)C)NC(=O)[C@@H](NC(=O)COCC(C)(C)COCC(C)(C)Cn1cc(-c2cnc(S(C)(=O)=O)nc2)nn1)C(C)C. The van der Waals surface area contributed by atoms with Gasteiger partial charge in [0.15, 0.2) is 17.1 Å². The number of rotatable bonds is 33. The maximum Gasteiger partial charge on any atom is 0.343 e. The van der Waals surface area contributed by atoms with Gasteiger partial charge in [-0.3, -0.25) is 33.4 Å². The summed E-state index contributed by atoms with van der Waals surface area (Å²) in [6.07, 6.45) is 7.35. The van der Waals surface area contributed by atoms with Gasteiger partial charge in [0, 0.05) is 77.3 Å². The predicted octanol–water partition coefficient (Wildman–Crippen LogP) is 2.00. The number of hydrogen-bond acceptors (Lipinski definition) is 22. The Morgan fingerprint density at radius 3 is 2.24 bits per heavy atom. The van der Waals surface area contributed by atoms with Gasteiger partial charge >= 0.3 is 5.97 Å². The Balaban J connectivity index is 0.784. The number of nitrogens with one attached hydrogen (secondary N) is 4. The molecule has 5 amide bonds. The zero-order chi connectivity index (χ0) is 66.9. The molecule has 30 heteroatoms. The number of carbonyl (C=O) groups is 6. The first-order valence-corrected chi connectivity index (χ1v) is 32.5. The minimum Gasteiger partial charge on any atom is -0.458 e. The van der Waals surface area contributed by atoms with Gasteiger partial charge in [-0.15, -0.1) is 5.10 Å². The molecule has 29 nitrogen and oxygen atoms in total. The van der Waals surface area contributed by atoms with Gasteiger partial charge in [-0.1, -0.05) is 53.7 Å². The van der Waals surface area contributed by atoms with Crippen molar-refractivity contribution in [1.82, 2.24) is 65.6 Å².